The van der Waals surface area contributed by atoms with E-state index in [9.17, 15) is 4.79 Å². The monoisotopic (exact) mass is 287 g/mol. The number of nitrogens with one attached hydrogen (secondary N) is 1. The molecule has 3 N–H and O–H groups in total. The molecule has 1 amide bonds. The van der Waals surface area contributed by atoms with Gasteiger partial charge < -0.3 is 20.5 Å². The second-order valence-corrected chi connectivity index (χ2v) is 6.38. The predicted octanol–water partition coefficient (Wildman–Crippen LogP) is 0.807. The number of hydrogen-bond acceptors (Lipinski definition) is 5. The summed E-state index contributed by atoms with van der Waals surface area (Å²) in [4.78, 5) is 14.0. The Kier molecular flexibility index (Phi) is 6.71. The summed E-state index contributed by atoms with van der Waals surface area (Å²) in [5.41, 5.74) is 5.35. The molecule has 6 nitrogen and oxygen atoms in total. The fourth-order valence-electron chi connectivity index (χ4n) is 2.44. The Labute approximate surface area is 122 Å². The van der Waals surface area contributed by atoms with Crippen molar-refractivity contribution in [2.45, 2.75) is 38.8 Å². The molecule has 0 saturated carbocycles. The van der Waals surface area contributed by atoms with Crippen LogP contribution in [0.1, 0.15) is 27.2 Å². The molecule has 0 bridgehead atoms. The highest BCUT2D eigenvalue weighted by molar-refractivity contribution is 5.67. The van der Waals surface area contributed by atoms with Crippen LogP contribution in [0.3, 0.4) is 0 Å². The molecule has 0 aromatic heterocycles. The van der Waals surface area contributed by atoms with Gasteiger partial charge in [0.15, 0.2) is 0 Å². The number of nitrogens with zero attached hydrogens (tertiary/aromatic N) is 1. The maximum atomic E-state index is 11.6. The lowest BCUT2D eigenvalue weighted by Crippen LogP contribution is -2.48. The van der Waals surface area contributed by atoms with E-state index in [0.29, 0.717) is 19.0 Å². The van der Waals surface area contributed by atoms with Gasteiger partial charge in [0.05, 0.1) is 6.61 Å². The van der Waals surface area contributed by atoms with Crippen molar-refractivity contribution in [2.24, 2.45) is 11.7 Å². The van der Waals surface area contributed by atoms with Crippen LogP contribution in [0.25, 0.3) is 0 Å². The average Bonchev–Trinajstić information content (AvgIpc) is 2.77. The molecule has 1 heterocycles. The SMILES string of the molecule is COCC1CCN(C(CN)CNC(=O)OC(C)(C)C)C1. The number of rotatable bonds is 6. The van der Waals surface area contributed by atoms with Gasteiger partial charge in [-0.15, -0.1) is 0 Å². The topological polar surface area (TPSA) is 76.8 Å². The minimum absolute atomic E-state index is 0.157. The predicted molar refractivity (Wildman–Crippen MR) is 78.6 cm³/mol. The number of nitrogens with two attached hydrogens (primary N) is 1. The molecule has 1 saturated heterocycles. The third kappa shape index (κ3) is 6.07. The van der Waals surface area contributed by atoms with Crippen LogP contribution < -0.4 is 11.1 Å². The largest absolute Gasteiger partial charge is 0.444 e. The molecule has 2 unspecified atom stereocenters. The molecule has 0 radical (unpaired) electrons. The van der Waals surface area contributed by atoms with Crippen LogP contribution in [0.15, 0.2) is 0 Å². The highest BCUT2D eigenvalue weighted by atomic mass is 16.6. The number of ether oxygens (including phenoxy) is 2. The highest BCUT2D eigenvalue weighted by Crippen LogP contribution is 2.18. The molecule has 1 aliphatic heterocycles. The van der Waals surface area contributed by atoms with E-state index in [2.05, 4.69) is 10.2 Å². The van der Waals surface area contributed by atoms with Crippen molar-refractivity contribution in [1.29, 1.82) is 0 Å². The van der Waals surface area contributed by atoms with Gasteiger partial charge in [-0.05, 0) is 39.7 Å². The van der Waals surface area contributed by atoms with Crippen LogP contribution in [-0.4, -0.2) is 62.5 Å². The summed E-state index contributed by atoms with van der Waals surface area (Å²) in [6.45, 7) is 9.36. The zero-order chi connectivity index (χ0) is 15.2. The van der Waals surface area contributed by atoms with Crippen LogP contribution >= 0.6 is 0 Å². The Balaban J connectivity index is 2.35. The van der Waals surface area contributed by atoms with Crippen molar-refractivity contribution in [3.63, 3.8) is 0 Å². The fraction of sp³-hybridized carbons (Fsp3) is 0.929. The summed E-state index contributed by atoms with van der Waals surface area (Å²) >= 11 is 0. The smallest absolute Gasteiger partial charge is 0.407 e. The van der Waals surface area contributed by atoms with E-state index in [4.69, 9.17) is 15.2 Å². The number of amides is 1. The Hall–Kier alpha value is -0.850. The zero-order valence-electron chi connectivity index (χ0n) is 13.1. The van der Waals surface area contributed by atoms with Crippen LogP contribution in [0.5, 0.6) is 0 Å². The lowest BCUT2D eigenvalue weighted by molar-refractivity contribution is 0.0510. The molecule has 0 aromatic carbocycles. The van der Waals surface area contributed by atoms with E-state index in [1.54, 1.807) is 7.11 Å². The fourth-order valence-corrected chi connectivity index (χ4v) is 2.44. The molecule has 1 fully saturated rings. The molecule has 0 spiro atoms. The van der Waals surface area contributed by atoms with Gasteiger partial charge in [-0.25, -0.2) is 4.79 Å². The minimum atomic E-state index is -0.473. The van der Waals surface area contributed by atoms with Gasteiger partial charge >= 0.3 is 6.09 Å². The summed E-state index contributed by atoms with van der Waals surface area (Å²) in [6, 6.07) is 0.157. The lowest BCUT2D eigenvalue weighted by atomic mass is 10.1. The van der Waals surface area contributed by atoms with E-state index >= 15 is 0 Å². The maximum Gasteiger partial charge on any atom is 0.407 e. The van der Waals surface area contributed by atoms with Crippen molar-refractivity contribution >= 4 is 6.09 Å². The normalized spacial score (nSPS) is 21.8. The Bertz CT molecular complexity index is 305. The number of methoxy groups -OCH3 is 1. The van der Waals surface area contributed by atoms with Crippen LogP contribution in [-0.2, 0) is 9.47 Å². The zero-order valence-corrected chi connectivity index (χ0v) is 13.1. The first kappa shape index (κ1) is 17.2. The van der Waals surface area contributed by atoms with Crippen LogP contribution in [0, 0.1) is 5.92 Å². The van der Waals surface area contributed by atoms with Gasteiger partial charge in [-0.1, -0.05) is 0 Å². The molecular formula is C14H29N3O3. The first-order valence-corrected chi connectivity index (χ1v) is 7.25. The Morgan fingerprint density at radius 1 is 1.50 bits per heavy atom. The number of likely N-dealkylation sites (tertiary alicyclic amines) is 1. The van der Waals surface area contributed by atoms with Crippen molar-refractivity contribution < 1.29 is 14.3 Å². The number of carbonyl (C=O) groups is 1. The summed E-state index contributed by atoms with van der Waals surface area (Å²) in [5.74, 6) is 0.565. The number of carbonyl (C=O) groups excluding carboxylic acids is 1. The minimum Gasteiger partial charge on any atom is -0.444 e. The first-order chi connectivity index (χ1) is 9.35. The summed E-state index contributed by atoms with van der Waals surface area (Å²) in [5, 5.41) is 2.80. The Morgan fingerprint density at radius 2 is 2.20 bits per heavy atom. The third-order valence-electron chi connectivity index (χ3n) is 3.39. The molecule has 6 heteroatoms. The van der Waals surface area contributed by atoms with Crippen molar-refractivity contribution in [2.75, 3.05) is 39.9 Å². The van der Waals surface area contributed by atoms with E-state index in [0.717, 1.165) is 26.1 Å². The van der Waals surface area contributed by atoms with Gasteiger partial charge in [0, 0.05) is 32.8 Å². The summed E-state index contributed by atoms with van der Waals surface area (Å²) in [7, 11) is 1.73. The van der Waals surface area contributed by atoms with E-state index in [1.165, 1.54) is 0 Å². The molecule has 0 aromatic rings. The molecule has 2 atom stereocenters. The standard InChI is InChI=1S/C14H29N3O3/c1-14(2,3)20-13(18)16-8-12(7-15)17-6-5-11(9-17)10-19-4/h11-12H,5-10,15H2,1-4H3,(H,16,18). The number of alkyl carbamates (subject to hydrolysis) is 1. The molecular weight excluding hydrogens is 258 g/mol. The summed E-state index contributed by atoms with van der Waals surface area (Å²) in [6.07, 6.45) is 0.736. The van der Waals surface area contributed by atoms with Crippen LogP contribution in [0.4, 0.5) is 4.79 Å². The maximum absolute atomic E-state index is 11.6. The second kappa shape index (κ2) is 7.81. The molecule has 118 valence electrons. The first-order valence-electron chi connectivity index (χ1n) is 7.25. The van der Waals surface area contributed by atoms with Crippen molar-refractivity contribution in [3.8, 4) is 0 Å². The van der Waals surface area contributed by atoms with Crippen molar-refractivity contribution in [3.05, 3.63) is 0 Å². The van der Waals surface area contributed by atoms with E-state index < -0.39 is 5.60 Å². The third-order valence-corrected chi connectivity index (χ3v) is 3.39. The van der Waals surface area contributed by atoms with Gasteiger partial charge in [0.25, 0.3) is 0 Å². The Morgan fingerprint density at radius 3 is 2.75 bits per heavy atom. The van der Waals surface area contributed by atoms with Gasteiger partial charge in [0.1, 0.15) is 5.60 Å². The average molecular weight is 287 g/mol. The van der Waals surface area contributed by atoms with Gasteiger partial charge in [-0.3, -0.25) is 4.90 Å². The number of hydrogen-bond donors (Lipinski definition) is 2. The molecule has 20 heavy (non-hydrogen) atoms. The summed E-state index contributed by atoms with van der Waals surface area (Å²) < 4.78 is 10.4. The van der Waals surface area contributed by atoms with Crippen molar-refractivity contribution in [1.82, 2.24) is 10.2 Å². The van der Waals surface area contributed by atoms with Crippen LogP contribution in [0.2, 0.25) is 0 Å². The molecule has 0 aliphatic carbocycles. The lowest BCUT2D eigenvalue weighted by Gasteiger charge is -2.27. The second-order valence-electron chi connectivity index (χ2n) is 6.38. The van der Waals surface area contributed by atoms with E-state index in [1.807, 2.05) is 20.8 Å². The molecule has 1 aliphatic rings. The van der Waals surface area contributed by atoms with E-state index in [-0.39, 0.29) is 12.1 Å². The highest BCUT2D eigenvalue weighted by Gasteiger charge is 2.28. The quantitative estimate of drug-likeness (QED) is 0.756. The molecule has 1 rings (SSSR count). The van der Waals surface area contributed by atoms with Gasteiger partial charge in [-0.2, -0.15) is 0 Å². The van der Waals surface area contributed by atoms with Gasteiger partial charge in [0.2, 0.25) is 0 Å².